The normalized spacial score (nSPS) is 13.8. The molecule has 1 saturated carbocycles. The number of alkyl halides is 6. The number of ketones is 1. The van der Waals surface area contributed by atoms with Crippen LogP contribution >= 0.6 is 23.2 Å². The summed E-state index contributed by atoms with van der Waals surface area (Å²) in [5.41, 5.74) is -2.49. The lowest BCUT2D eigenvalue weighted by Gasteiger charge is -2.13. The van der Waals surface area contributed by atoms with Crippen molar-refractivity contribution in [2.75, 3.05) is 6.26 Å². The largest absolute Gasteiger partial charge is 0.479 e. The standard InChI is InChI=1S/C17H11Cl2F3O5.C15H12F3NO4S/c1-8(15(23)24)26-16(25)11-7-10(3-4-12(11)18)27-14-5-2-9(6-13(14)19)17(20,21)22;1-24(21,22)12-6-9(15(16,17)18)4-5-10(12)13(20)11-7-19-23-14(11)8-2-3-8/h2-8H,1H3,(H,23,24);4-8H,2-3H2,1H3/t8-;/m0./s1. The lowest BCUT2D eigenvalue weighted by molar-refractivity contribution is -0.146. The maximum atomic E-state index is 12.8. The lowest BCUT2D eigenvalue weighted by Crippen LogP contribution is -2.23. The number of benzene rings is 3. The summed E-state index contributed by atoms with van der Waals surface area (Å²) in [6, 6.07) is 8.38. The van der Waals surface area contributed by atoms with E-state index in [4.69, 9.17) is 42.3 Å². The van der Waals surface area contributed by atoms with E-state index >= 15 is 0 Å². The van der Waals surface area contributed by atoms with Gasteiger partial charge in [0.15, 0.2) is 27.5 Å². The number of carboxylic acid groups (broad SMARTS) is 1. The van der Waals surface area contributed by atoms with Crippen molar-refractivity contribution in [3.63, 3.8) is 0 Å². The van der Waals surface area contributed by atoms with Gasteiger partial charge in [-0.1, -0.05) is 28.4 Å². The second-order valence-corrected chi connectivity index (χ2v) is 13.8. The summed E-state index contributed by atoms with van der Waals surface area (Å²) in [4.78, 5) is 34.8. The number of carboxylic acids is 1. The molecular formula is C32H23Cl2F6NO9S. The SMILES string of the molecule is CS(=O)(=O)c1cc(C(F)(F)F)ccc1C(=O)c1cnoc1C1CC1.C[C@H](OC(=O)c1cc(Oc2ccc(C(F)(F)F)cc2Cl)ccc1Cl)C(=O)O. The molecule has 0 bridgehead atoms. The maximum Gasteiger partial charge on any atom is 0.416 e. The molecule has 272 valence electrons. The molecule has 0 radical (unpaired) electrons. The molecule has 0 unspecified atom stereocenters. The minimum absolute atomic E-state index is 0.0246. The Morgan fingerprint density at radius 1 is 0.882 bits per heavy atom. The number of carbonyl (C=O) groups is 3. The van der Waals surface area contributed by atoms with Crippen molar-refractivity contribution in [1.29, 1.82) is 0 Å². The first-order valence-corrected chi connectivity index (χ1v) is 16.9. The first-order valence-electron chi connectivity index (χ1n) is 14.3. The van der Waals surface area contributed by atoms with E-state index in [0.29, 0.717) is 24.0 Å². The molecule has 1 aliphatic carbocycles. The molecular weight excluding hydrogens is 759 g/mol. The molecule has 3 aromatic carbocycles. The fourth-order valence-electron chi connectivity index (χ4n) is 4.28. The van der Waals surface area contributed by atoms with E-state index in [9.17, 15) is 49.1 Å². The van der Waals surface area contributed by atoms with Gasteiger partial charge in [0.05, 0.1) is 43.4 Å². The third-order valence-corrected chi connectivity index (χ3v) is 8.78. The molecule has 1 N–H and O–H groups in total. The third-order valence-electron chi connectivity index (χ3n) is 7.02. The van der Waals surface area contributed by atoms with Crippen LogP contribution in [0.5, 0.6) is 11.5 Å². The molecule has 5 rings (SSSR count). The Kier molecular flexibility index (Phi) is 11.5. The highest BCUT2D eigenvalue weighted by molar-refractivity contribution is 7.90. The van der Waals surface area contributed by atoms with Crippen LogP contribution in [0.2, 0.25) is 10.0 Å². The van der Waals surface area contributed by atoms with Crippen molar-refractivity contribution in [2.24, 2.45) is 0 Å². The fraction of sp³-hybridized carbons (Fsp3) is 0.250. The first kappa shape index (κ1) is 39.2. The number of aromatic nitrogens is 1. The number of hydrogen-bond donors (Lipinski definition) is 1. The van der Waals surface area contributed by atoms with Gasteiger partial charge < -0.3 is 19.1 Å². The maximum absolute atomic E-state index is 12.8. The smallest absolute Gasteiger partial charge is 0.416 e. The van der Waals surface area contributed by atoms with Crippen LogP contribution in [-0.2, 0) is 31.7 Å². The minimum atomic E-state index is -4.71. The number of aliphatic carboxylic acids is 1. The Morgan fingerprint density at radius 2 is 1.49 bits per heavy atom. The van der Waals surface area contributed by atoms with Crippen LogP contribution in [0, 0.1) is 0 Å². The van der Waals surface area contributed by atoms with E-state index in [1.54, 1.807) is 0 Å². The van der Waals surface area contributed by atoms with Gasteiger partial charge in [0.1, 0.15) is 11.5 Å². The zero-order chi connectivity index (χ0) is 38.1. The number of carbonyl (C=O) groups excluding carboxylic acids is 2. The predicted octanol–water partition coefficient (Wildman–Crippen LogP) is 8.64. The summed E-state index contributed by atoms with van der Waals surface area (Å²) in [6.07, 6.45) is -7.10. The lowest BCUT2D eigenvalue weighted by atomic mass is 10.0. The zero-order valence-electron chi connectivity index (χ0n) is 25.9. The summed E-state index contributed by atoms with van der Waals surface area (Å²) in [6.45, 7) is 1.16. The van der Waals surface area contributed by atoms with Crippen LogP contribution in [0.1, 0.15) is 68.8 Å². The number of hydrogen-bond acceptors (Lipinski definition) is 9. The molecule has 0 amide bonds. The quantitative estimate of drug-likeness (QED) is 0.0993. The summed E-state index contributed by atoms with van der Waals surface area (Å²) in [7, 11) is -4.04. The molecule has 0 saturated heterocycles. The average molecular weight is 782 g/mol. The first-order chi connectivity index (χ1) is 23.6. The number of sulfone groups is 1. The van der Waals surface area contributed by atoms with Crippen molar-refractivity contribution < 1.29 is 68.2 Å². The molecule has 1 aromatic heterocycles. The second kappa shape index (κ2) is 14.9. The van der Waals surface area contributed by atoms with E-state index in [1.807, 2.05) is 0 Å². The molecule has 0 aliphatic heterocycles. The topological polar surface area (TPSA) is 150 Å². The van der Waals surface area contributed by atoms with Crippen LogP contribution in [0.15, 0.2) is 70.2 Å². The summed E-state index contributed by atoms with van der Waals surface area (Å²) in [5, 5.41) is 12.0. The molecule has 1 aliphatic rings. The van der Waals surface area contributed by atoms with Gasteiger partial charge in [-0.15, -0.1) is 0 Å². The van der Waals surface area contributed by atoms with E-state index in [2.05, 4.69) is 5.16 Å². The van der Waals surface area contributed by atoms with Gasteiger partial charge in [-0.3, -0.25) is 4.79 Å². The van der Waals surface area contributed by atoms with Crippen molar-refractivity contribution in [3.8, 4) is 11.5 Å². The fourth-order valence-corrected chi connectivity index (χ4v) is 5.60. The molecule has 51 heavy (non-hydrogen) atoms. The van der Waals surface area contributed by atoms with E-state index < -0.39 is 62.0 Å². The molecule has 1 atom stereocenters. The van der Waals surface area contributed by atoms with Crippen LogP contribution in [0.3, 0.4) is 0 Å². The van der Waals surface area contributed by atoms with E-state index in [-0.39, 0.29) is 44.2 Å². The minimum Gasteiger partial charge on any atom is -0.479 e. The van der Waals surface area contributed by atoms with E-state index in [1.165, 1.54) is 18.3 Å². The summed E-state index contributed by atoms with van der Waals surface area (Å²) in [5.74, 6) is -2.71. The summed E-state index contributed by atoms with van der Waals surface area (Å²) < 4.78 is 115. The molecule has 1 fully saturated rings. The van der Waals surface area contributed by atoms with Crippen molar-refractivity contribution in [3.05, 3.63) is 104 Å². The van der Waals surface area contributed by atoms with Gasteiger partial charge in [0.2, 0.25) is 0 Å². The van der Waals surface area contributed by atoms with Crippen molar-refractivity contribution in [2.45, 2.75) is 49.0 Å². The van der Waals surface area contributed by atoms with Crippen LogP contribution in [0.25, 0.3) is 0 Å². The van der Waals surface area contributed by atoms with Gasteiger partial charge in [-0.25, -0.2) is 18.0 Å². The average Bonchev–Trinajstić information content (AvgIpc) is 3.76. The Balaban J connectivity index is 0.000000230. The number of rotatable bonds is 9. The Bertz CT molecular complexity index is 2100. The van der Waals surface area contributed by atoms with Crippen molar-refractivity contribution in [1.82, 2.24) is 5.16 Å². The van der Waals surface area contributed by atoms with E-state index in [0.717, 1.165) is 50.3 Å². The number of nitrogens with zero attached hydrogens (tertiary/aromatic N) is 1. The molecule has 0 spiro atoms. The molecule has 19 heteroatoms. The van der Waals surface area contributed by atoms with Gasteiger partial charge in [0.25, 0.3) is 0 Å². The van der Waals surface area contributed by atoms with Crippen molar-refractivity contribution >= 4 is 50.8 Å². The predicted molar refractivity (Wildman–Crippen MR) is 167 cm³/mol. The third kappa shape index (κ3) is 9.80. The molecule has 1 heterocycles. The highest BCUT2D eigenvalue weighted by Crippen LogP contribution is 2.43. The Hall–Kier alpha value is -4.61. The highest BCUT2D eigenvalue weighted by Gasteiger charge is 2.36. The zero-order valence-corrected chi connectivity index (χ0v) is 28.3. The number of ether oxygens (including phenoxy) is 2. The van der Waals surface area contributed by atoms with Gasteiger partial charge >= 0.3 is 24.3 Å². The van der Waals surface area contributed by atoms with Gasteiger partial charge in [-0.2, -0.15) is 26.3 Å². The van der Waals surface area contributed by atoms with Crippen LogP contribution in [0.4, 0.5) is 26.3 Å². The summed E-state index contributed by atoms with van der Waals surface area (Å²) >= 11 is 11.7. The Morgan fingerprint density at radius 3 is 2.04 bits per heavy atom. The monoisotopic (exact) mass is 781 g/mol. The van der Waals surface area contributed by atoms with Crippen LogP contribution in [-0.4, -0.2) is 48.8 Å². The van der Waals surface area contributed by atoms with Gasteiger partial charge in [0, 0.05) is 17.7 Å². The molecule has 10 nitrogen and oxygen atoms in total. The number of esters is 1. The Labute approximate surface area is 294 Å². The van der Waals surface area contributed by atoms with Gasteiger partial charge in [-0.05, 0) is 74.4 Å². The number of halogens is 8. The van der Waals surface area contributed by atoms with Crippen LogP contribution < -0.4 is 4.74 Å². The second-order valence-electron chi connectivity index (χ2n) is 11.0. The highest BCUT2D eigenvalue weighted by atomic mass is 35.5. The molecule has 4 aromatic rings.